The molecule has 104 valence electrons. The number of fused-ring (bicyclic) bond motifs is 1. The molecule has 1 saturated heterocycles. The predicted octanol–water partition coefficient (Wildman–Crippen LogP) is -0.166. The molecule has 3 rings (SSSR count). The van der Waals surface area contributed by atoms with E-state index in [9.17, 15) is 14.4 Å². The Hall–Kier alpha value is -1.59. The van der Waals surface area contributed by atoms with E-state index in [1.807, 2.05) is 0 Å². The number of hydrogen-bond acceptors (Lipinski definition) is 3. The van der Waals surface area contributed by atoms with Gasteiger partial charge in [0.2, 0.25) is 11.8 Å². The highest BCUT2D eigenvalue weighted by atomic mass is 16.4. The van der Waals surface area contributed by atoms with Gasteiger partial charge in [0.15, 0.2) is 0 Å². The maximum absolute atomic E-state index is 12.5. The molecule has 2 saturated carbocycles. The van der Waals surface area contributed by atoms with Crippen molar-refractivity contribution < 1.29 is 19.5 Å². The molecule has 2 aliphatic carbocycles. The highest BCUT2D eigenvalue weighted by molar-refractivity contribution is 5.93. The Morgan fingerprint density at radius 2 is 1.84 bits per heavy atom. The summed E-state index contributed by atoms with van der Waals surface area (Å²) in [4.78, 5) is 36.3. The molecule has 0 aromatic carbocycles. The fraction of sp³-hybridized carbons (Fsp3) is 0.769. The lowest BCUT2D eigenvalue weighted by Gasteiger charge is -2.33. The number of carboxylic acids is 1. The van der Waals surface area contributed by atoms with Gasteiger partial charge in [-0.2, -0.15) is 0 Å². The SMILES string of the molecule is O=C1CN(C(=O)C2C3CCCCC32)C(C(=O)O)CN1. The first kappa shape index (κ1) is 12.4. The van der Waals surface area contributed by atoms with E-state index in [-0.39, 0.29) is 30.8 Å². The molecular weight excluding hydrogens is 248 g/mol. The maximum Gasteiger partial charge on any atom is 0.328 e. The molecule has 6 heteroatoms. The molecule has 0 spiro atoms. The lowest BCUT2D eigenvalue weighted by Crippen LogP contribution is -2.59. The smallest absolute Gasteiger partial charge is 0.328 e. The van der Waals surface area contributed by atoms with E-state index in [1.165, 1.54) is 4.90 Å². The van der Waals surface area contributed by atoms with E-state index < -0.39 is 12.0 Å². The fourth-order valence-corrected chi connectivity index (χ4v) is 3.64. The second kappa shape index (κ2) is 4.51. The Labute approximate surface area is 111 Å². The van der Waals surface area contributed by atoms with Gasteiger partial charge in [0.05, 0.1) is 0 Å². The number of rotatable bonds is 2. The van der Waals surface area contributed by atoms with Gasteiger partial charge in [-0.15, -0.1) is 0 Å². The van der Waals surface area contributed by atoms with E-state index in [0.29, 0.717) is 11.8 Å². The number of carbonyl (C=O) groups excluding carboxylic acids is 2. The zero-order chi connectivity index (χ0) is 13.6. The standard InChI is InChI=1S/C13H18N2O4/c16-10-6-15(9(5-14-10)13(18)19)12(17)11-7-3-1-2-4-8(7)11/h7-9,11H,1-6H2,(H,14,16)(H,18,19). The van der Waals surface area contributed by atoms with Crippen LogP contribution in [0.3, 0.4) is 0 Å². The first-order valence-corrected chi connectivity index (χ1v) is 6.89. The molecule has 0 bridgehead atoms. The highest BCUT2D eigenvalue weighted by Crippen LogP contribution is 2.56. The Morgan fingerprint density at radius 1 is 1.21 bits per heavy atom. The Balaban J connectivity index is 1.73. The van der Waals surface area contributed by atoms with Crippen molar-refractivity contribution in [1.82, 2.24) is 10.2 Å². The van der Waals surface area contributed by atoms with Crippen molar-refractivity contribution in [1.29, 1.82) is 0 Å². The molecule has 0 aromatic heterocycles. The summed E-state index contributed by atoms with van der Waals surface area (Å²) >= 11 is 0. The Morgan fingerprint density at radius 3 is 2.42 bits per heavy atom. The largest absolute Gasteiger partial charge is 0.480 e. The van der Waals surface area contributed by atoms with Gasteiger partial charge in [0.1, 0.15) is 12.6 Å². The van der Waals surface area contributed by atoms with Crippen molar-refractivity contribution >= 4 is 17.8 Å². The van der Waals surface area contributed by atoms with Gasteiger partial charge < -0.3 is 15.3 Å². The monoisotopic (exact) mass is 266 g/mol. The van der Waals surface area contributed by atoms with Crippen molar-refractivity contribution in [3.8, 4) is 0 Å². The van der Waals surface area contributed by atoms with E-state index >= 15 is 0 Å². The van der Waals surface area contributed by atoms with Crippen LogP contribution >= 0.6 is 0 Å². The fourth-order valence-electron chi connectivity index (χ4n) is 3.64. The van der Waals surface area contributed by atoms with Crippen LogP contribution in [0.1, 0.15) is 25.7 Å². The van der Waals surface area contributed by atoms with Gasteiger partial charge in [-0.1, -0.05) is 12.8 Å². The lowest BCUT2D eigenvalue weighted by atomic mass is 10.0. The number of hydrogen-bond donors (Lipinski definition) is 2. The predicted molar refractivity (Wildman–Crippen MR) is 65.1 cm³/mol. The normalized spacial score (nSPS) is 37.3. The molecule has 6 nitrogen and oxygen atoms in total. The van der Waals surface area contributed by atoms with Gasteiger partial charge in [-0.05, 0) is 24.7 Å². The molecule has 2 amide bonds. The average molecular weight is 266 g/mol. The zero-order valence-corrected chi connectivity index (χ0v) is 10.7. The number of aliphatic carboxylic acids is 1. The van der Waals surface area contributed by atoms with Crippen molar-refractivity contribution in [3.05, 3.63) is 0 Å². The van der Waals surface area contributed by atoms with E-state index in [0.717, 1.165) is 25.7 Å². The third-order valence-corrected chi connectivity index (χ3v) is 4.69. The molecule has 19 heavy (non-hydrogen) atoms. The van der Waals surface area contributed by atoms with Gasteiger partial charge in [0, 0.05) is 12.5 Å². The second-order valence-corrected chi connectivity index (χ2v) is 5.76. The van der Waals surface area contributed by atoms with Crippen LogP contribution in [0.4, 0.5) is 0 Å². The number of piperazine rings is 1. The van der Waals surface area contributed by atoms with Crippen molar-refractivity contribution in [2.75, 3.05) is 13.1 Å². The number of nitrogens with one attached hydrogen (secondary N) is 1. The van der Waals surface area contributed by atoms with Crippen LogP contribution in [0.2, 0.25) is 0 Å². The van der Waals surface area contributed by atoms with Gasteiger partial charge in [-0.25, -0.2) is 4.79 Å². The van der Waals surface area contributed by atoms with Crippen molar-refractivity contribution in [3.63, 3.8) is 0 Å². The number of amides is 2. The number of carboxylic acid groups (broad SMARTS) is 1. The lowest BCUT2D eigenvalue weighted by molar-refractivity contribution is -0.154. The summed E-state index contributed by atoms with van der Waals surface area (Å²) in [7, 11) is 0. The van der Waals surface area contributed by atoms with Crippen LogP contribution in [-0.2, 0) is 14.4 Å². The molecule has 3 aliphatic rings. The molecule has 0 aromatic rings. The topological polar surface area (TPSA) is 86.7 Å². The summed E-state index contributed by atoms with van der Waals surface area (Å²) < 4.78 is 0. The minimum atomic E-state index is -1.04. The van der Waals surface area contributed by atoms with Crippen LogP contribution in [-0.4, -0.2) is 46.9 Å². The second-order valence-electron chi connectivity index (χ2n) is 5.76. The average Bonchev–Trinajstić information content (AvgIpc) is 3.11. The van der Waals surface area contributed by atoms with Crippen molar-refractivity contribution in [2.24, 2.45) is 17.8 Å². The number of carbonyl (C=O) groups is 3. The zero-order valence-electron chi connectivity index (χ0n) is 10.7. The maximum atomic E-state index is 12.5. The molecule has 2 N–H and O–H groups in total. The third-order valence-electron chi connectivity index (χ3n) is 4.69. The molecule has 1 aliphatic heterocycles. The molecular formula is C13H18N2O4. The van der Waals surface area contributed by atoms with Crippen LogP contribution < -0.4 is 5.32 Å². The summed E-state index contributed by atoms with van der Waals surface area (Å²) in [5, 5.41) is 11.7. The quantitative estimate of drug-likeness (QED) is 0.726. The van der Waals surface area contributed by atoms with Crippen molar-refractivity contribution in [2.45, 2.75) is 31.7 Å². The van der Waals surface area contributed by atoms with Gasteiger partial charge >= 0.3 is 5.97 Å². The van der Waals surface area contributed by atoms with Gasteiger partial charge in [-0.3, -0.25) is 9.59 Å². The third kappa shape index (κ3) is 2.09. The molecule has 0 radical (unpaired) electrons. The van der Waals surface area contributed by atoms with Crippen LogP contribution in [0.25, 0.3) is 0 Å². The Kier molecular flexibility index (Phi) is 2.95. The van der Waals surface area contributed by atoms with Crippen LogP contribution in [0.5, 0.6) is 0 Å². The summed E-state index contributed by atoms with van der Waals surface area (Å²) in [6.45, 7) is -0.103. The summed E-state index contributed by atoms with van der Waals surface area (Å²) in [5.74, 6) is -0.609. The van der Waals surface area contributed by atoms with E-state index in [2.05, 4.69) is 5.32 Å². The minimum absolute atomic E-state index is 0.0158. The Bertz CT molecular complexity index is 424. The molecule has 3 atom stereocenters. The van der Waals surface area contributed by atoms with Gasteiger partial charge in [0.25, 0.3) is 0 Å². The summed E-state index contributed by atoms with van der Waals surface area (Å²) in [5.41, 5.74) is 0. The highest BCUT2D eigenvalue weighted by Gasteiger charge is 2.57. The van der Waals surface area contributed by atoms with E-state index in [4.69, 9.17) is 5.11 Å². The molecule has 3 unspecified atom stereocenters. The van der Waals surface area contributed by atoms with Crippen LogP contribution in [0, 0.1) is 17.8 Å². The molecule has 3 fully saturated rings. The van der Waals surface area contributed by atoms with E-state index in [1.54, 1.807) is 0 Å². The summed E-state index contributed by atoms with van der Waals surface area (Å²) in [6.07, 6.45) is 4.46. The minimum Gasteiger partial charge on any atom is -0.480 e. The summed E-state index contributed by atoms with van der Waals surface area (Å²) in [6, 6.07) is -0.909. The number of nitrogens with zero attached hydrogens (tertiary/aromatic N) is 1. The van der Waals surface area contributed by atoms with Crippen LogP contribution in [0.15, 0.2) is 0 Å². The first-order chi connectivity index (χ1) is 9.09. The molecule has 1 heterocycles. The first-order valence-electron chi connectivity index (χ1n) is 6.89.